The lowest BCUT2D eigenvalue weighted by molar-refractivity contribution is 0.112. The van der Waals surface area contributed by atoms with E-state index in [-0.39, 0.29) is 0 Å². The van der Waals surface area contributed by atoms with Gasteiger partial charge in [-0.2, -0.15) is 0 Å². The maximum absolute atomic E-state index is 10.4. The Morgan fingerprint density at radius 1 is 1.73 bits per heavy atom. The number of rotatable bonds is 2. The van der Waals surface area contributed by atoms with Gasteiger partial charge in [0.25, 0.3) is 0 Å². The van der Waals surface area contributed by atoms with Crippen LogP contribution < -0.4 is 0 Å². The van der Waals surface area contributed by atoms with E-state index in [0.29, 0.717) is 10.7 Å². The molecule has 58 valence electrons. The van der Waals surface area contributed by atoms with Crippen molar-refractivity contribution in [3.05, 3.63) is 28.5 Å². The normalized spacial score (nSPS) is 9.64. The number of hydrogen-bond acceptors (Lipinski definition) is 2. The fourth-order valence-electron chi connectivity index (χ4n) is 0.891. The first-order valence-electron chi connectivity index (χ1n) is 3.37. The molecule has 1 aromatic heterocycles. The Labute approximate surface area is 70.2 Å². The summed E-state index contributed by atoms with van der Waals surface area (Å²) in [4.78, 5) is 14.2. The first-order chi connectivity index (χ1) is 5.27. The van der Waals surface area contributed by atoms with E-state index in [1.807, 2.05) is 6.92 Å². The summed E-state index contributed by atoms with van der Waals surface area (Å²) in [6, 6.07) is 1.71. The highest BCUT2D eigenvalue weighted by atomic mass is 35.5. The number of aldehydes is 1. The molecule has 0 unspecified atom stereocenters. The van der Waals surface area contributed by atoms with Gasteiger partial charge in [0, 0.05) is 11.8 Å². The van der Waals surface area contributed by atoms with Gasteiger partial charge in [0.05, 0.1) is 0 Å². The summed E-state index contributed by atoms with van der Waals surface area (Å²) < 4.78 is 0. The molecule has 11 heavy (non-hydrogen) atoms. The van der Waals surface area contributed by atoms with E-state index in [1.165, 1.54) is 6.20 Å². The minimum atomic E-state index is 0.437. The quantitative estimate of drug-likeness (QED) is 0.502. The fraction of sp³-hybridized carbons (Fsp3) is 0.250. The van der Waals surface area contributed by atoms with Gasteiger partial charge in [0.15, 0.2) is 6.29 Å². The standard InChI is InChI=1S/C8H8ClNO/c1-2-6-3-8(9)10-4-7(6)5-11/h3-5H,2H2,1H3. The van der Waals surface area contributed by atoms with Crippen molar-refractivity contribution in [1.29, 1.82) is 0 Å². The van der Waals surface area contributed by atoms with Crippen LogP contribution in [0.15, 0.2) is 12.3 Å². The lowest BCUT2D eigenvalue weighted by atomic mass is 10.1. The van der Waals surface area contributed by atoms with Crippen molar-refractivity contribution < 1.29 is 4.79 Å². The van der Waals surface area contributed by atoms with Crippen molar-refractivity contribution >= 4 is 17.9 Å². The fourth-order valence-corrected chi connectivity index (χ4v) is 1.07. The molecule has 0 bridgehead atoms. The van der Waals surface area contributed by atoms with Gasteiger partial charge in [0.1, 0.15) is 5.15 Å². The molecule has 0 saturated carbocycles. The van der Waals surface area contributed by atoms with E-state index < -0.39 is 0 Å². The van der Waals surface area contributed by atoms with Gasteiger partial charge in [-0.25, -0.2) is 4.98 Å². The number of aryl methyl sites for hydroxylation is 1. The number of carbonyl (C=O) groups excluding carboxylic acids is 1. The molecule has 2 nitrogen and oxygen atoms in total. The Hall–Kier alpha value is -0.890. The number of halogens is 1. The Morgan fingerprint density at radius 2 is 2.45 bits per heavy atom. The van der Waals surface area contributed by atoms with Crippen LogP contribution in [0.5, 0.6) is 0 Å². The third kappa shape index (κ3) is 1.77. The summed E-state index contributed by atoms with van der Waals surface area (Å²) >= 11 is 5.63. The van der Waals surface area contributed by atoms with Gasteiger partial charge in [-0.05, 0) is 18.1 Å². The predicted octanol–water partition coefficient (Wildman–Crippen LogP) is 2.11. The van der Waals surface area contributed by atoms with E-state index in [4.69, 9.17) is 11.6 Å². The second kappa shape index (κ2) is 3.49. The average molecular weight is 170 g/mol. The molecule has 0 amide bonds. The van der Waals surface area contributed by atoms with Crippen LogP contribution >= 0.6 is 11.6 Å². The maximum Gasteiger partial charge on any atom is 0.151 e. The zero-order valence-electron chi connectivity index (χ0n) is 6.17. The van der Waals surface area contributed by atoms with Crippen molar-refractivity contribution in [1.82, 2.24) is 4.98 Å². The van der Waals surface area contributed by atoms with Gasteiger partial charge in [-0.1, -0.05) is 18.5 Å². The first-order valence-corrected chi connectivity index (χ1v) is 3.75. The lowest BCUT2D eigenvalue weighted by Crippen LogP contribution is -1.91. The number of carbonyl (C=O) groups is 1. The molecule has 3 heteroatoms. The second-order valence-corrected chi connectivity index (χ2v) is 2.56. The third-order valence-electron chi connectivity index (χ3n) is 1.50. The summed E-state index contributed by atoms with van der Waals surface area (Å²) in [5.74, 6) is 0. The molecule has 0 aliphatic heterocycles. The Kier molecular flexibility index (Phi) is 2.60. The van der Waals surface area contributed by atoms with E-state index in [2.05, 4.69) is 4.98 Å². The number of nitrogens with zero attached hydrogens (tertiary/aromatic N) is 1. The second-order valence-electron chi connectivity index (χ2n) is 2.18. The van der Waals surface area contributed by atoms with Crippen molar-refractivity contribution in [2.45, 2.75) is 13.3 Å². The number of pyridine rings is 1. The van der Waals surface area contributed by atoms with E-state index in [9.17, 15) is 4.79 Å². The summed E-state index contributed by atoms with van der Waals surface area (Å²) in [5.41, 5.74) is 1.57. The summed E-state index contributed by atoms with van der Waals surface area (Å²) in [6.07, 6.45) is 3.09. The van der Waals surface area contributed by atoms with Crippen LogP contribution in [0.4, 0.5) is 0 Å². The summed E-state index contributed by atoms with van der Waals surface area (Å²) in [6.45, 7) is 1.97. The molecule has 1 heterocycles. The van der Waals surface area contributed by atoms with Crippen molar-refractivity contribution in [2.24, 2.45) is 0 Å². The molecule has 0 fully saturated rings. The van der Waals surface area contributed by atoms with E-state index in [1.54, 1.807) is 6.07 Å². The van der Waals surface area contributed by atoms with E-state index >= 15 is 0 Å². The average Bonchev–Trinajstić information content (AvgIpc) is 2.04. The molecular formula is C8H8ClNO. The highest BCUT2D eigenvalue weighted by Gasteiger charge is 1.99. The molecule has 0 saturated heterocycles. The van der Waals surface area contributed by atoms with Crippen LogP contribution in [0.25, 0.3) is 0 Å². The SMILES string of the molecule is CCc1cc(Cl)ncc1C=O. The number of aromatic nitrogens is 1. The summed E-state index contributed by atoms with van der Waals surface area (Å²) in [7, 11) is 0. The van der Waals surface area contributed by atoms with Crippen molar-refractivity contribution in [3.8, 4) is 0 Å². The third-order valence-corrected chi connectivity index (χ3v) is 1.71. The topological polar surface area (TPSA) is 30.0 Å². The monoisotopic (exact) mass is 169 g/mol. The van der Waals surface area contributed by atoms with Gasteiger partial charge in [-0.15, -0.1) is 0 Å². The highest BCUT2D eigenvalue weighted by Crippen LogP contribution is 2.11. The minimum absolute atomic E-state index is 0.437. The predicted molar refractivity (Wildman–Crippen MR) is 44.0 cm³/mol. The lowest BCUT2D eigenvalue weighted by Gasteiger charge is -1.99. The van der Waals surface area contributed by atoms with Gasteiger partial charge >= 0.3 is 0 Å². The molecule has 0 atom stereocenters. The zero-order chi connectivity index (χ0) is 8.27. The van der Waals surface area contributed by atoms with Gasteiger partial charge in [-0.3, -0.25) is 4.79 Å². The molecular weight excluding hydrogens is 162 g/mol. The van der Waals surface area contributed by atoms with Crippen molar-refractivity contribution in [3.63, 3.8) is 0 Å². The number of hydrogen-bond donors (Lipinski definition) is 0. The molecule has 0 aliphatic rings. The molecule has 0 aliphatic carbocycles. The van der Waals surface area contributed by atoms with Crippen LogP contribution in [0.3, 0.4) is 0 Å². The zero-order valence-corrected chi connectivity index (χ0v) is 6.93. The van der Waals surface area contributed by atoms with E-state index in [0.717, 1.165) is 18.3 Å². The summed E-state index contributed by atoms with van der Waals surface area (Å²) in [5, 5.41) is 0.437. The molecule has 0 N–H and O–H groups in total. The molecule has 0 aromatic carbocycles. The highest BCUT2D eigenvalue weighted by molar-refractivity contribution is 6.29. The Morgan fingerprint density at radius 3 is 3.00 bits per heavy atom. The first kappa shape index (κ1) is 8.21. The molecule has 0 radical (unpaired) electrons. The van der Waals surface area contributed by atoms with Crippen LogP contribution in [0.1, 0.15) is 22.8 Å². The maximum atomic E-state index is 10.4. The molecule has 1 rings (SSSR count). The van der Waals surface area contributed by atoms with Crippen LogP contribution in [-0.4, -0.2) is 11.3 Å². The van der Waals surface area contributed by atoms with Crippen LogP contribution in [-0.2, 0) is 6.42 Å². The Bertz CT molecular complexity index is 273. The Balaban J connectivity index is 3.16. The van der Waals surface area contributed by atoms with Crippen LogP contribution in [0.2, 0.25) is 5.15 Å². The minimum Gasteiger partial charge on any atom is -0.298 e. The molecule has 1 aromatic rings. The largest absolute Gasteiger partial charge is 0.298 e. The van der Waals surface area contributed by atoms with Gasteiger partial charge in [0.2, 0.25) is 0 Å². The van der Waals surface area contributed by atoms with Crippen molar-refractivity contribution in [2.75, 3.05) is 0 Å². The molecule has 0 spiro atoms. The van der Waals surface area contributed by atoms with Gasteiger partial charge < -0.3 is 0 Å². The smallest absolute Gasteiger partial charge is 0.151 e. The van der Waals surface area contributed by atoms with Crippen LogP contribution in [0, 0.1) is 0 Å².